The number of halogens is 1. The van der Waals surface area contributed by atoms with Crippen LogP contribution >= 0.6 is 11.6 Å². The van der Waals surface area contributed by atoms with Crippen LogP contribution < -0.4 is 5.32 Å². The van der Waals surface area contributed by atoms with Crippen LogP contribution in [0.2, 0.25) is 0 Å². The van der Waals surface area contributed by atoms with Gasteiger partial charge < -0.3 is 10.1 Å². The van der Waals surface area contributed by atoms with Gasteiger partial charge in [0.1, 0.15) is 16.8 Å². The van der Waals surface area contributed by atoms with Crippen LogP contribution in [0.3, 0.4) is 0 Å². The van der Waals surface area contributed by atoms with Gasteiger partial charge in [-0.15, -0.1) is 0 Å². The third-order valence-electron chi connectivity index (χ3n) is 3.60. The SMILES string of the molecule is CC(C)(C)OC(=O)c1cc2c(n1S(=O)(=O)c1ccccc1)C=CC(Cl)N2. The van der Waals surface area contributed by atoms with Crippen LogP contribution in [0, 0.1) is 0 Å². The number of aromatic nitrogens is 1. The van der Waals surface area contributed by atoms with Gasteiger partial charge in [-0.05, 0) is 51.1 Å². The number of anilines is 1. The normalized spacial score (nSPS) is 16.7. The van der Waals surface area contributed by atoms with Crippen molar-refractivity contribution in [2.75, 3.05) is 5.32 Å². The van der Waals surface area contributed by atoms with Crippen LogP contribution in [0.25, 0.3) is 6.08 Å². The Morgan fingerprint density at radius 1 is 1.23 bits per heavy atom. The summed E-state index contributed by atoms with van der Waals surface area (Å²) in [6.45, 7) is 5.16. The second kappa shape index (κ2) is 6.48. The summed E-state index contributed by atoms with van der Waals surface area (Å²) >= 11 is 6.05. The van der Waals surface area contributed by atoms with Crippen LogP contribution in [0.4, 0.5) is 5.69 Å². The lowest BCUT2D eigenvalue weighted by Crippen LogP contribution is -2.27. The largest absolute Gasteiger partial charge is 0.455 e. The molecular weight excluding hydrogens is 376 g/mol. The molecule has 3 rings (SSSR count). The van der Waals surface area contributed by atoms with Crippen molar-refractivity contribution in [3.8, 4) is 0 Å². The Hall–Kier alpha value is -2.25. The number of rotatable bonds is 3. The van der Waals surface area contributed by atoms with Gasteiger partial charge in [0.05, 0.1) is 16.3 Å². The minimum atomic E-state index is -4.00. The molecule has 1 aliphatic heterocycles. The lowest BCUT2D eigenvalue weighted by Gasteiger charge is -2.20. The van der Waals surface area contributed by atoms with Crippen molar-refractivity contribution in [1.29, 1.82) is 0 Å². The molecule has 1 atom stereocenters. The molecule has 1 aliphatic rings. The van der Waals surface area contributed by atoms with Crippen LogP contribution in [0.1, 0.15) is 37.0 Å². The topological polar surface area (TPSA) is 77.4 Å². The minimum Gasteiger partial charge on any atom is -0.455 e. The molecule has 1 N–H and O–H groups in total. The summed E-state index contributed by atoms with van der Waals surface area (Å²) in [6.07, 6.45) is 3.19. The maximum absolute atomic E-state index is 13.2. The van der Waals surface area contributed by atoms with Crippen molar-refractivity contribution in [2.45, 2.75) is 36.8 Å². The summed E-state index contributed by atoms with van der Waals surface area (Å²) in [5.74, 6) is -0.729. The summed E-state index contributed by atoms with van der Waals surface area (Å²) in [5.41, 5.74) is -0.568. The second-order valence-corrected chi connectivity index (χ2v) is 9.07. The molecule has 0 saturated heterocycles. The van der Waals surface area contributed by atoms with Gasteiger partial charge in [0.2, 0.25) is 0 Å². The third-order valence-corrected chi connectivity index (χ3v) is 5.60. The van der Waals surface area contributed by atoms with E-state index in [0.717, 1.165) is 3.97 Å². The Kier molecular flexibility index (Phi) is 4.62. The number of carbonyl (C=O) groups excluding carboxylic acids is 1. The van der Waals surface area contributed by atoms with E-state index in [1.165, 1.54) is 18.2 Å². The first-order valence-electron chi connectivity index (χ1n) is 7.98. The van der Waals surface area contributed by atoms with Crippen LogP contribution in [-0.2, 0) is 14.8 Å². The molecule has 0 bridgehead atoms. The van der Waals surface area contributed by atoms with Gasteiger partial charge in [0, 0.05) is 0 Å². The smallest absolute Gasteiger partial charge is 0.356 e. The Morgan fingerprint density at radius 3 is 2.50 bits per heavy atom. The Bertz CT molecular complexity index is 973. The standard InChI is InChI=1S/C18H19ClN2O4S/c1-18(2,3)25-17(22)15-11-13-14(9-10-16(19)20-13)21(15)26(23,24)12-7-5-4-6-8-12/h4-11,16,20H,1-3H3. The molecule has 0 aliphatic carbocycles. The first kappa shape index (κ1) is 18.5. The van der Waals surface area contributed by atoms with Gasteiger partial charge in [0.15, 0.2) is 0 Å². The number of hydrogen-bond acceptors (Lipinski definition) is 5. The predicted octanol–water partition coefficient (Wildman–Crippen LogP) is 3.68. The Labute approximate surface area is 157 Å². The summed E-state index contributed by atoms with van der Waals surface area (Å²) in [6, 6.07) is 9.37. The first-order chi connectivity index (χ1) is 12.1. The molecule has 0 radical (unpaired) electrons. The predicted molar refractivity (Wildman–Crippen MR) is 101 cm³/mol. The van der Waals surface area contributed by atoms with E-state index >= 15 is 0 Å². The molecule has 0 amide bonds. The van der Waals surface area contributed by atoms with Crippen molar-refractivity contribution in [3.05, 3.63) is 53.9 Å². The number of alkyl halides is 1. The van der Waals surface area contributed by atoms with Crippen molar-refractivity contribution in [1.82, 2.24) is 3.97 Å². The summed E-state index contributed by atoms with van der Waals surface area (Å²) < 4.78 is 32.8. The maximum atomic E-state index is 13.2. The van der Waals surface area contributed by atoms with Crippen LogP contribution in [0.15, 0.2) is 47.4 Å². The lowest BCUT2D eigenvalue weighted by molar-refractivity contribution is 0.00616. The Morgan fingerprint density at radius 2 is 1.88 bits per heavy atom. The minimum absolute atomic E-state index is 0.0737. The highest BCUT2D eigenvalue weighted by atomic mass is 35.5. The number of benzene rings is 1. The van der Waals surface area contributed by atoms with Crippen LogP contribution in [-0.4, -0.2) is 29.5 Å². The molecule has 6 nitrogen and oxygen atoms in total. The highest BCUT2D eigenvalue weighted by molar-refractivity contribution is 7.90. The molecule has 26 heavy (non-hydrogen) atoms. The molecule has 8 heteroatoms. The third kappa shape index (κ3) is 3.50. The quantitative estimate of drug-likeness (QED) is 0.488. The highest BCUT2D eigenvalue weighted by Gasteiger charge is 2.32. The van der Waals surface area contributed by atoms with E-state index in [2.05, 4.69) is 5.32 Å². The monoisotopic (exact) mass is 394 g/mol. The van der Waals surface area contributed by atoms with Gasteiger partial charge in [-0.3, -0.25) is 0 Å². The van der Waals surface area contributed by atoms with E-state index in [-0.39, 0.29) is 10.6 Å². The van der Waals surface area contributed by atoms with Crippen molar-refractivity contribution >= 4 is 39.4 Å². The van der Waals surface area contributed by atoms with Gasteiger partial charge in [0.25, 0.3) is 10.0 Å². The molecule has 0 saturated carbocycles. The first-order valence-corrected chi connectivity index (χ1v) is 9.86. The van der Waals surface area contributed by atoms with Crippen molar-refractivity contribution < 1.29 is 17.9 Å². The number of fused-ring (bicyclic) bond motifs is 1. The van der Waals surface area contributed by atoms with E-state index in [1.807, 2.05) is 0 Å². The van der Waals surface area contributed by atoms with E-state index in [1.54, 1.807) is 51.1 Å². The molecule has 1 aromatic heterocycles. The Balaban J connectivity index is 2.21. The molecule has 1 unspecified atom stereocenters. The number of ether oxygens (including phenoxy) is 1. The average molecular weight is 395 g/mol. The number of carbonyl (C=O) groups is 1. The zero-order chi connectivity index (χ0) is 19.1. The van der Waals surface area contributed by atoms with E-state index < -0.39 is 27.1 Å². The zero-order valence-electron chi connectivity index (χ0n) is 14.6. The highest BCUT2D eigenvalue weighted by Crippen LogP contribution is 2.32. The summed E-state index contributed by atoms with van der Waals surface area (Å²) in [5, 5.41) is 2.95. The van der Waals surface area contributed by atoms with Gasteiger partial charge in [-0.25, -0.2) is 17.2 Å². The number of nitrogens with zero attached hydrogens (tertiary/aromatic N) is 1. The lowest BCUT2D eigenvalue weighted by atomic mass is 10.2. The molecule has 2 aromatic rings. The van der Waals surface area contributed by atoms with Crippen molar-refractivity contribution in [2.24, 2.45) is 0 Å². The molecule has 2 heterocycles. The summed E-state index contributed by atoms with van der Waals surface area (Å²) in [7, 11) is -4.00. The zero-order valence-corrected chi connectivity index (χ0v) is 16.1. The van der Waals surface area contributed by atoms with Gasteiger partial charge in [-0.1, -0.05) is 29.8 Å². The number of nitrogens with one attached hydrogen (secondary N) is 1. The summed E-state index contributed by atoms with van der Waals surface area (Å²) in [4.78, 5) is 12.7. The molecular formula is C18H19ClN2O4S. The maximum Gasteiger partial charge on any atom is 0.356 e. The number of hydrogen-bond donors (Lipinski definition) is 1. The van der Waals surface area contributed by atoms with Crippen LogP contribution in [0.5, 0.6) is 0 Å². The fourth-order valence-electron chi connectivity index (χ4n) is 2.58. The fraction of sp³-hybridized carbons (Fsp3) is 0.278. The second-order valence-electron chi connectivity index (χ2n) is 6.82. The molecule has 138 valence electrons. The van der Waals surface area contributed by atoms with Gasteiger partial charge in [-0.2, -0.15) is 0 Å². The average Bonchev–Trinajstić information content (AvgIpc) is 2.93. The van der Waals surface area contributed by atoms with E-state index in [0.29, 0.717) is 11.4 Å². The van der Waals surface area contributed by atoms with E-state index in [9.17, 15) is 13.2 Å². The molecule has 0 fully saturated rings. The fourth-order valence-corrected chi connectivity index (χ4v) is 4.29. The molecule has 1 aromatic carbocycles. The molecule has 0 spiro atoms. The van der Waals surface area contributed by atoms with Crippen molar-refractivity contribution in [3.63, 3.8) is 0 Å². The van der Waals surface area contributed by atoms with Gasteiger partial charge >= 0.3 is 5.97 Å². The number of esters is 1. The van der Waals surface area contributed by atoms with E-state index in [4.69, 9.17) is 16.3 Å².